The van der Waals surface area contributed by atoms with Gasteiger partial charge in [-0.3, -0.25) is 0 Å². The molecule has 10 rings (SSSR count). The number of hydrogen-bond acceptors (Lipinski definition) is 3. The van der Waals surface area contributed by atoms with E-state index in [1.165, 1.54) is 81.8 Å². The SMILES string of the molecule is Cc1cc2c3c(c1)N1c4c(cccc4C4(C)CCCCC14C)B3c1cc(N(c3ccccc3)c3ccccc3)ccc1N2c1ccccc1. The van der Waals surface area contributed by atoms with Crippen molar-refractivity contribution < 1.29 is 0 Å². The predicted molar refractivity (Wildman–Crippen MR) is 208 cm³/mol. The predicted octanol–water partition coefficient (Wildman–Crippen LogP) is 9.82. The Bertz CT molecular complexity index is 2210. The fourth-order valence-electron chi connectivity index (χ4n) is 10.0. The van der Waals surface area contributed by atoms with Crippen molar-refractivity contribution in [2.45, 2.75) is 57.4 Å². The molecule has 1 saturated carbocycles. The summed E-state index contributed by atoms with van der Waals surface area (Å²) in [7, 11) is 0. The lowest BCUT2D eigenvalue weighted by Crippen LogP contribution is -2.64. The zero-order chi connectivity index (χ0) is 32.9. The Morgan fingerprint density at radius 3 is 1.96 bits per heavy atom. The summed E-state index contributed by atoms with van der Waals surface area (Å²) in [5.74, 6) is 0. The third-order valence-corrected chi connectivity index (χ3v) is 12.4. The van der Waals surface area contributed by atoms with E-state index in [0.29, 0.717) is 0 Å². The van der Waals surface area contributed by atoms with Gasteiger partial charge in [0.25, 0.3) is 6.71 Å². The smallest absolute Gasteiger partial charge is 0.252 e. The van der Waals surface area contributed by atoms with Crippen molar-refractivity contribution in [3.63, 3.8) is 0 Å². The summed E-state index contributed by atoms with van der Waals surface area (Å²) in [5.41, 5.74) is 17.3. The Hall–Kier alpha value is -5.22. The molecule has 1 aliphatic carbocycles. The molecular weight excluding hydrogens is 593 g/mol. The molecular formula is C45H40BN3. The van der Waals surface area contributed by atoms with E-state index in [0.717, 1.165) is 11.4 Å². The number of hydrogen-bond donors (Lipinski definition) is 0. The normalized spacial score (nSPS) is 21.1. The molecule has 238 valence electrons. The number of para-hydroxylation sites is 4. The van der Waals surface area contributed by atoms with E-state index in [1.54, 1.807) is 5.56 Å². The van der Waals surface area contributed by atoms with Gasteiger partial charge in [-0.05, 0) is 121 Å². The maximum absolute atomic E-state index is 2.82. The van der Waals surface area contributed by atoms with Crippen LogP contribution in [-0.4, -0.2) is 12.3 Å². The highest BCUT2D eigenvalue weighted by Crippen LogP contribution is 2.61. The van der Waals surface area contributed by atoms with Crippen LogP contribution >= 0.6 is 0 Å². The van der Waals surface area contributed by atoms with Crippen LogP contribution in [-0.2, 0) is 5.41 Å². The second kappa shape index (κ2) is 10.4. The largest absolute Gasteiger partial charge is 0.335 e. The minimum Gasteiger partial charge on any atom is -0.335 e. The van der Waals surface area contributed by atoms with E-state index < -0.39 is 0 Å². The molecule has 6 aromatic rings. The van der Waals surface area contributed by atoms with Crippen LogP contribution in [0, 0.1) is 6.92 Å². The maximum atomic E-state index is 2.82. The van der Waals surface area contributed by atoms with Crippen LogP contribution in [0.25, 0.3) is 0 Å². The first kappa shape index (κ1) is 28.8. The number of benzene rings is 6. The molecule has 4 heteroatoms. The molecule has 49 heavy (non-hydrogen) atoms. The summed E-state index contributed by atoms with van der Waals surface area (Å²) < 4.78 is 0. The molecule has 3 nitrogen and oxygen atoms in total. The average molecular weight is 634 g/mol. The van der Waals surface area contributed by atoms with Gasteiger partial charge in [-0.1, -0.05) is 92.6 Å². The molecule has 1 fully saturated rings. The highest BCUT2D eigenvalue weighted by molar-refractivity contribution is 7.00. The number of rotatable bonds is 4. The lowest BCUT2D eigenvalue weighted by Gasteiger charge is -2.52. The summed E-state index contributed by atoms with van der Waals surface area (Å²) in [6.45, 7) is 7.52. The van der Waals surface area contributed by atoms with Gasteiger partial charge in [0.2, 0.25) is 0 Å². The van der Waals surface area contributed by atoms with Crippen LogP contribution in [0.3, 0.4) is 0 Å². The first-order valence-corrected chi connectivity index (χ1v) is 18.0. The molecule has 0 N–H and O–H groups in total. The Morgan fingerprint density at radius 1 is 0.592 bits per heavy atom. The molecule has 4 aliphatic rings. The van der Waals surface area contributed by atoms with Crippen LogP contribution in [0.15, 0.2) is 140 Å². The zero-order valence-electron chi connectivity index (χ0n) is 28.5. The van der Waals surface area contributed by atoms with Crippen LogP contribution in [0.5, 0.6) is 0 Å². The third-order valence-electron chi connectivity index (χ3n) is 12.4. The first-order chi connectivity index (χ1) is 24.0. The molecule has 0 amide bonds. The van der Waals surface area contributed by atoms with Crippen LogP contribution in [0.2, 0.25) is 0 Å². The van der Waals surface area contributed by atoms with E-state index in [1.807, 2.05) is 0 Å². The topological polar surface area (TPSA) is 9.72 Å². The number of anilines is 8. The quantitative estimate of drug-likeness (QED) is 0.179. The lowest BCUT2D eigenvalue weighted by molar-refractivity contribution is 0.195. The van der Waals surface area contributed by atoms with E-state index in [9.17, 15) is 0 Å². The van der Waals surface area contributed by atoms with Gasteiger partial charge in [0.05, 0.1) is 5.54 Å². The molecule has 0 bridgehead atoms. The van der Waals surface area contributed by atoms with Crippen LogP contribution < -0.4 is 31.1 Å². The van der Waals surface area contributed by atoms with Gasteiger partial charge >= 0.3 is 0 Å². The maximum Gasteiger partial charge on any atom is 0.252 e. The highest BCUT2D eigenvalue weighted by atomic mass is 15.3. The van der Waals surface area contributed by atoms with Gasteiger partial charge in [-0.25, -0.2) is 0 Å². The van der Waals surface area contributed by atoms with E-state index in [4.69, 9.17) is 0 Å². The number of fused-ring (bicyclic) bond motifs is 7. The standard InChI is InChI=1S/C45H40BN3/c1-31-28-40-42-41(29-31)49-43-36(44(2)26-13-14-27-45(44,49)3)22-15-23-37(43)46(42)38-30-35(24-25-39(38)48(40)34-20-11-6-12-21-34)47(32-16-7-4-8-17-32)33-18-9-5-10-19-33/h4-12,15-25,28-30H,13-14,26-27H2,1-3H3. The van der Waals surface area contributed by atoms with Gasteiger partial charge in [0.1, 0.15) is 0 Å². The van der Waals surface area contributed by atoms with Gasteiger partial charge in [0, 0.05) is 50.9 Å². The third kappa shape index (κ3) is 3.86. The zero-order valence-corrected chi connectivity index (χ0v) is 28.5. The van der Waals surface area contributed by atoms with Crippen LogP contribution in [0.4, 0.5) is 45.5 Å². The molecule has 0 aromatic heterocycles. The van der Waals surface area contributed by atoms with Crippen molar-refractivity contribution >= 4 is 68.6 Å². The Morgan fingerprint density at radius 2 is 1.24 bits per heavy atom. The molecule has 2 unspecified atom stereocenters. The Balaban J connectivity index is 1.29. The van der Waals surface area contributed by atoms with Gasteiger partial charge in [-0.15, -0.1) is 0 Å². The first-order valence-electron chi connectivity index (χ1n) is 18.0. The lowest BCUT2D eigenvalue weighted by atomic mass is 9.33. The van der Waals surface area contributed by atoms with E-state index >= 15 is 0 Å². The van der Waals surface area contributed by atoms with Crippen molar-refractivity contribution in [3.8, 4) is 0 Å². The molecule has 0 radical (unpaired) electrons. The van der Waals surface area contributed by atoms with Crippen LogP contribution in [0.1, 0.15) is 50.7 Å². The Labute approximate surface area is 290 Å². The number of aryl methyl sites for hydroxylation is 1. The van der Waals surface area contributed by atoms with Gasteiger partial charge in [0.15, 0.2) is 0 Å². The second-order valence-corrected chi connectivity index (χ2v) is 15.0. The van der Waals surface area contributed by atoms with Crippen molar-refractivity contribution in [2.75, 3.05) is 14.7 Å². The van der Waals surface area contributed by atoms with Gasteiger partial charge in [-0.2, -0.15) is 0 Å². The molecule has 0 saturated heterocycles. The molecule has 2 atom stereocenters. The second-order valence-electron chi connectivity index (χ2n) is 15.0. The van der Waals surface area contributed by atoms with Crippen molar-refractivity contribution in [2.24, 2.45) is 0 Å². The van der Waals surface area contributed by atoms with Crippen molar-refractivity contribution in [1.29, 1.82) is 0 Å². The Kier molecular flexibility index (Phi) is 6.10. The molecule has 6 aromatic carbocycles. The average Bonchev–Trinajstić information content (AvgIpc) is 3.35. The summed E-state index contributed by atoms with van der Waals surface area (Å²) >= 11 is 0. The van der Waals surface area contributed by atoms with Crippen molar-refractivity contribution in [1.82, 2.24) is 0 Å². The minimum atomic E-state index is 0.0212. The summed E-state index contributed by atoms with van der Waals surface area (Å²) in [6.07, 6.45) is 5.01. The minimum absolute atomic E-state index is 0.0212. The van der Waals surface area contributed by atoms with Crippen molar-refractivity contribution in [3.05, 3.63) is 151 Å². The summed E-state index contributed by atoms with van der Waals surface area (Å²) in [6, 6.07) is 51.9. The monoisotopic (exact) mass is 633 g/mol. The fourth-order valence-corrected chi connectivity index (χ4v) is 10.0. The molecule has 0 spiro atoms. The molecule has 3 aliphatic heterocycles. The fraction of sp³-hybridized carbons (Fsp3) is 0.200. The number of nitrogens with zero attached hydrogens (tertiary/aromatic N) is 3. The summed E-state index contributed by atoms with van der Waals surface area (Å²) in [5, 5.41) is 0. The summed E-state index contributed by atoms with van der Waals surface area (Å²) in [4.78, 5) is 7.75. The van der Waals surface area contributed by atoms with E-state index in [-0.39, 0.29) is 17.7 Å². The van der Waals surface area contributed by atoms with Gasteiger partial charge < -0.3 is 14.7 Å². The highest BCUT2D eigenvalue weighted by Gasteiger charge is 2.61. The van der Waals surface area contributed by atoms with E-state index in [2.05, 4.69) is 175 Å². The molecule has 3 heterocycles.